The molecule has 1 unspecified atom stereocenters. The molecule has 1 atom stereocenters. The molecule has 7 aromatic rings. The lowest BCUT2D eigenvalue weighted by Gasteiger charge is -2.27. The highest BCUT2D eigenvalue weighted by Crippen LogP contribution is 2.44. The quantitative estimate of drug-likeness (QED) is 0.166. The molecule has 52 heavy (non-hydrogen) atoms. The van der Waals surface area contributed by atoms with E-state index in [9.17, 15) is 22.7 Å². The molecule has 7 rings (SSSR count). The molecule has 0 saturated heterocycles. The third-order valence-corrected chi connectivity index (χ3v) is 9.78. The maximum Gasteiger partial charge on any atom is 0.255 e. The van der Waals surface area contributed by atoms with Gasteiger partial charge in [-0.2, -0.15) is 5.10 Å². The zero-order valence-corrected chi connectivity index (χ0v) is 29.3. The minimum atomic E-state index is -4.06. The molecular weight excluding hydrogens is 692 g/mol. The van der Waals surface area contributed by atoms with Gasteiger partial charge in [-0.15, -0.1) is 0 Å². The molecule has 266 valence electrons. The first-order chi connectivity index (χ1) is 24.9. The number of amides is 1. The predicted molar refractivity (Wildman–Crippen MR) is 193 cm³/mol. The normalized spacial score (nSPS) is 12.3. The molecule has 0 bridgehead atoms. The molecule has 0 radical (unpaired) electrons. The van der Waals surface area contributed by atoms with Crippen molar-refractivity contribution in [2.45, 2.75) is 19.6 Å². The van der Waals surface area contributed by atoms with Gasteiger partial charge in [0.15, 0.2) is 5.58 Å². The number of halogens is 1. The van der Waals surface area contributed by atoms with Gasteiger partial charge >= 0.3 is 0 Å². The van der Waals surface area contributed by atoms with E-state index in [1.165, 1.54) is 61.8 Å². The number of oxazole rings is 1. The number of carbonyl (C=O) groups excluding carboxylic acids is 1. The molecule has 0 fully saturated rings. The number of rotatable bonds is 11. The second-order valence-corrected chi connectivity index (χ2v) is 14.1. The Kier molecular flexibility index (Phi) is 8.98. The summed E-state index contributed by atoms with van der Waals surface area (Å²) in [5, 5.41) is 18.2. The SMILES string of the molecule is CNC(=O)c1c(-c2ccc(F)cc2)oc2cc(N(CC(O)Cn3cncn3)S(C)(=O)=O)c(-c3ccc(OC)c(-c4nc5c(C)cccc5o4)c3)cc12. The van der Waals surface area contributed by atoms with Crippen molar-refractivity contribution in [2.75, 3.05) is 31.3 Å². The van der Waals surface area contributed by atoms with E-state index in [2.05, 4.69) is 15.4 Å². The molecule has 3 aromatic heterocycles. The summed E-state index contributed by atoms with van der Waals surface area (Å²) in [4.78, 5) is 22.1. The van der Waals surface area contributed by atoms with E-state index in [4.69, 9.17) is 18.6 Å². The van der Waals surface area contributed by atoms with Gasteiger partial charge in [0.25, 0.3) is 5.91 Å². The molecular formula is C37H33FN6O7S. The number of nitrogens with one attached hydrogen (secondary N) is 1. The highest BCUT2D eigenvalue weighted by Gasteiger charge is 2.29. The number of aromatic nitrogens is 4. The molecule has 13 nitrogen and oxygen atoms in total. The number of aliphatic hydroxyl groups is 1. The van der Waals surface area contributed by atoms with Crippen molar-refractivity contribution in [2.24, 2.45) is 0 Å². The van der Waals surface area contributed by atoms with Crippen LogP contribution in [0.5, 0.6) is 5.75 Å². The van der Waals surface area contributed by atoms with E-state index in [1.54, 1.807) is 24.3 Å². The number of fused-ring (bicyclic) bond motifs is 2. The smallest absolute Gasteiger partial charge is 0.255 e. The Labute approximate surface area is 297 Å². The summed E-state index contributed by atoms with van der Waals surface area (Å²) in [5.74, 6) is -0.0544. The van der Waals surface area contributed by atoms with Crippen LogP contribution in [0.15, 0.2) is 94.3 Å². The summed E-state index contributed by atoms with van der Waals surface area (Å²) in [5.41, 5.74) is 4.48. The van der Waals surface area contributed by atoms with Crippen LogP contribution in [0, 0.1) is 12.7 Å². The van der Waals surface area contributed by atoms with Crippen LogP contribution >= 0.6 is 0 Å². The van der Waals surface area contributed by atoms with E-state index in [-0.39, 0.29) is 41.6 Å². The van der Waals surface area contributed by atoms with Crippen molar-refractivity contribution in [3.8, 4) is 39.7 Å². The molecule has 0 spiro atoms. The topological polar surface area (TPSA) is 166 Å². The molecule has 15 heteroatoms. The number of sulfonamides is 1. The summed E-state index contributed by atoms with van der Waals surface area (Å²) in [6.07, 6.45) is 2.55. The van der Waals surface area contributed by atoms with Crippen molar-refractivity contribution in [1.82, 2.24) is 25.1 Å². The summed E-state index contributed by atoms with van der Waals surface area (Å²) in [6, 6.07) is 19.5. The van der Waals surface area contributed by atoms with Crippen LogP contribution in [0.1, 0.15) is 15.9 Å². The van der Waals surface area contributed by atoms with Crippen LogP contribution in [0.3, 0.4) is 0 Å². The van der Waals surface area contributed by atoms with Crippen molar-refractivity contribution in [3.05, 3.63) is 102 Å². The monoisotopic (exact) mass is 724 g/mol. The molecule has 0 aliphatic heterocycles. The highest BCUT2D eigenvalue weighted by atomic mass is 32.2. The summed E-state index contributed by atoms with van der Waals surface area (Å²) >= 11 is 0. The number of carbonyl (C=O) groups is 1. The van der Waals surface area contributed by atoms with Gasteiger partial charge in [0.2, 0.25) is 15.9 Å². The Morgan fingerprint density at radius 1 is 1.04 bits per heavy atom. The maximum atomic E-state index is 13.9. The Morgan fingerprint density at radius 2 is 1.81 bits per heavy atom. The number of aryl methyl sites for hydroxylation is 1. The molecule has 1 amide bonds. The molecule has 0 aliphatic rings. The number of ether oxygens (including phenoxy) is 1. The van der Waals surface area contributed by atoms with Crippen LogP contribution in [0.4, 0.5) is 10.1 Å². The van der Waals surface area contributed by atoms with Crippen molar-refractivity contribution < 1.29 is 36.3 Å². The third-order valence-electron chi connectivity index (χ3n) is 8.64. The first-order valence-corrected chi connectivity index (χ1v) is 17.9. The van der Waals surface area contributed by atoms with E-state index < -0.39 is 27.9 Å². The predicted octanol–water partition coefficient (Wildman–Crippen LogP) is 5.81. The van der Waals surface area contributed by atoms with Crippen LogP contribution in [0.25, 0.3) is 56.0 Å². The van der Waals surface area contributed by atoms with Crippen LogP contribution in [-0.4, -0.2) is 72.2 Å². The van der Waals surface area contributed by atoms with E-state index >= 15 is 0 Å². The van der Waals surface area contributed by atoms with Crippen LogP contribution in [-0.2, 0) is 16.6 Å². The first-order valence-electron chi connectivity index (χ1n) is 16.1. The second-order valence-electron chi connectivity index (χ2n) is 12.2. The van der Waals surface area contributed by atoms with Crippen molar-refractivity contribution in [1.29, 1.82) is 0 Å². The summed E-state index contributed by atoms with van der Waals surface area (Å²) in [7, 11) is -1.07. The Bertz CT molecular complexity index is 2550. The van der Waals surface area contributed by atoms with Gasteiger partial charge in [-0.1, -0.05) is 18.2 Å². The van der Waals surface area contributed by atoms with Gasteiger partial charge in [0.05, 0.1) is 49.4 Å². The lowest BCUT2D eigenvalue weighted by Crippen LogP contribution is -2.39. The van der Waals surface area contributed by atoms with Crippen molar-refractivity contribution >= 4 is 43.7 Å². The number of methoxy groups -OCH3 is 1. The Morgan fingerprint density at radius 3 is 2.48 bits per heavy atom. The van der Waals surface area contributed by atoms with Gasteiger partial charge in [-0.3, -0.25) is 13.8 Å². The number of anilines is 1. The number of hydrogen-bond donors (Lipinski definition) is 2. The Balaban J connectivity index is 1.48. The lowest BCUT2D eigenvalue weighted by molar-refractivity contribution is 0.0964. The number of benzene rings is 4. The lowest BCUT2D eigenvalue weighted by atomic mass is 9.96. The van der Waals surface area contributed by atoms with Gasteiger partial charge in [0.1, 0.15) is 41.1 Å². The number of furan rings is 1. The largest absolute Gasteiger partial charge is 0.496 e. The zero-order chi connectivity index (χ0) is 36.7. The summed E-state index contributed by atoms with van der Waals surface area (Å²) in [6.45, 7) is 1.53. The fourth-order valence-corrected chi connectivity index (χ4v) is 7.12. The first kappa shape index (κ1) is 34.4. The van der Waals surface area contributed by atoms with E-state index in [0.29, 0.717) is 44.5 Å². The molecule has 0 saturated carbocycles. The zero-order valence-electron chi connectivity index (χ0n) is 28.5. The van der Waals surface area contributed by atoms with Crippen molar-refractivity contribution in [3.63, 3.8) is 0 Å². The van der Waals surface area contributed by atoms with E-state index in [0.717, 1.165) is 16.1 Å². The van der Waals surface area contributed by atoms with E-state index in [1.807, 2.05) is 25.1 Å². The fraction of sp³-hybridized carbons (Fsp3) is 0.189. The summed E-state index contributed by atoms with van der Waals surface area (Å²) < 4.78 is 61.7. The van der Waals surface area contributed by atoms with Gasteiger partial charge in [-0.25, -0.2) is 22.8 Å². The third kappa shape index (κ3) is 6.47. The van der Waals surface area contributed by atoms with Gasteiger partial charge in [-0.05, 0) is 66.6 Å². The van der Waals surface area contributed by atoms with Crippen LogP contribution < -0.4 is 14.4 Å². The van der Waals surface area contributed by atoms with Gasteiger partial charge in [0, 0.05) is 29.6 Å². The standard InChI is InChI=1S/C37H33FN6O7S/c1-21-6-5-7-31-34(21)42-37(51-31)28-14-23(10-13-30(28)49-3)26-15-27-32(50-35(33(27)36(46)39-2)22-8-11-24(38)12-9-22)16-29(26)44(52(4,47)48)18-25(45)17-43-20-40-19-41-43/h5-16,19-20,25,45H,17-18H2,1-4H3,(H,39,46). The van der Waals surface area contributed by atoms with Crippen LogP contribution in [0.2, 0.25) is 0 Å². The minimum Gasteiger partial charge on any atom is -0.496 e. The Hall–Kier alpha value is -6.06. The molecule has 2 N–H and O–H groups in total. The maximum absolute atomic E-state index is 13.9. The molecule has 3 heterocycles. The number of para-hydroxylation sites is 1. The average molecular weight is 725 g/mol. The molecule has 0 aliphatic carbocycles. The second kappa shape index (κ2) is 13.6. The average Bonchev–Trinajstić information content (AvgIpc) is 3.89. The molecule has 4 aromatic carbocycles. The van der Waals surface area contributed by atoms with Gasteiger partial charge < -0.3 is 24.0 Å². The number of nitrogens with zero attached hydrogens (tertiary/aromatic N) is 5. The minimum absolute atomic E-state index is 0.0380. The number of hydrogen-bond acceptors (Lipinski definition) is 10. The fourth-order valence-electron chi connectivity index (χ4n) is 6.17. The highest BCUT2D eigenvalue weighted by molar-refractivity contribution is 7.92. The number of aliphatic hydroxyl groups excluding tert-OH is 1.